The summed E-state index contributed by atoms with van der Waals surface area (Å²) in [5.41, 5.74) is 5.40. The Labute approximate surface area is 109 Å². The molecule has 1 saturated carbocycles. The number of carboxylic acids is 1. The van der Waals surface area contributed by atoms with Gasteiger partial charge in [-0.2, -0.15) is 0 Å². The topological polar surface area (TPSA) is 37.3 Å². The van der Waals surface area contributed by atoms with Crippen LogP contribution in [0.2, 0.25) is 0 Å². The molecule has 3 atom stereocenters. The molecule has 1 aromatic rings. The molecule has 0 spiro atoms. The van der Waals surface area contributed by atoms with Crippen molar-refractivity contribution in [1.29, 1.82) is 0 Å². The number of carboxylic acid groups (broad SMARTS) is 1. The minimum atomic E-state index is -0.621. The van der Waals surface area contributed by atoms with Gasteiger partial charge in [0.15, 0.2) is 0 Å². The molecule has 1 N–H and O–H groups in total. The number of rotatable bonds is 4. The lowest BCUT2D eigenvalue weighted by Gasteiger charge is -2.18. The molecule has 18 heavy (non-hydrogen) atoms. The SMILES string of the molecule is Cc1cc(C)c(C(C)CC2CC2C(=O)O)c(C)c1. The summed E-state index contributed by atoms with van der Waals surface area (Å²) < 4.78 is 0. The minimum absolute atomic E-state index is 0.0847. The minimum Gasteiger partial charge on any atom is -0.481 e. The van der Waals surface area contributed by atoms with Gasteiger partial charge in [0.2, 0.25) is 0 Å². The molecule has 0 aromatic heterocycles. The molecule has 1 aliphatic carbocycles. The van der Waals surface area contributed by atoms with E-state index in [2.05, 4.69) is 39.8 Å². The summed E-state index contributed by atoms with van der Waals surface area (Å²) in [6, 6.07) is 4.45. The maximum absolute atomic E-state index is 10.9. The fourth-order valence-electron chi connectivity index (χ4n) is 3.35. The van der Waals surface area contributed by atoms with Crippen LogP contribution in [0.5, 0.6) is 0 Å². The molecule has 1 fully saturated rings. The Morgan fingerprint density at radius 3 is 2.33 bits per heavy atom. The van der Waals surface area contributed by atoms with Crippen molar-refractivity contribution in [2.75, 3.05) is 0 Å². The molecule has 1 aromatic carbocycles. The molecule has 1 aliphatic rings. The van der Waals surface area contributed by atoms with Crippen molar-refractivity contribution in [1.82, 2.24) is 0 Å². The van der Waals surface area contributed by atoms with Crippen molar-refractivity contribution in [3.8, 4) is 0 Å². The first-order chi connectivity index (χ1) is 8.40. The normalized spacial score (nSPS) is 23.8. The third-order valence-corrected chi connectivity index (χ3v) is 4.13. The average Bonchev–Trinajstić information content (AvgIpc) is 2.94. The van der Waals surface area contributed by atoms with Crippen LogP contribution in [0.1, 0.15) is 47.9 Å². The van der Waals surface area contributed by atoms with E-state index < -0.39 is 5.97 Å². The van der Waals surface area contributed by atoms with E-state index in [4.69, 9.17) is 5.11 Å². The highest BCUT2D eigenvalue weighted by atomic mass is 16.4. The van der Waals surface area contributed by atoms with Gasteiger partial charge < -0.3 is 5.11 Å². The highest BCUT2D eigenvalue weighted by molar-refractivity contribution is 5.73. The van der Waals surface area contributed by atoms with E-state index in [1.54, 1.807) is 0 Å². The molecule has 0 saturated heterocycles. The quantitative estimate of drug-likeness (QED) is 0.876. The summed E-state index contributed by atoms with van der Waals surface area (Å²) in [4.78, 5) is 10.9. The second-order valence-electron chi connectivity index (χ2n) is 5.89. The first-order valence-corrected chi connectivity index (χ1v) is 6.70. The zero-order chi connectivity index (χ0) is 13.4. The van der Waals surface area contributed by atoms with Crippen LogP contribution in [0.3, 0.4) is 0 Å². The highest BCUT2D eigenvalue weighted by Gasteiger charge is 2.43. The molecule has 2 nitrogen and oxygen atoms in total. The van der Waals surface area contributed by atoms with Gasteiger partial charge in [-0.05, 0) is 62.1 Å². The molecule has 0 bridgehead atoms. The van der Waals surface area contributed by atoms with E-state index in [0.717, 1.165) is 12.8 Å². The van der Waals surface area contributed by atoms with Crippen LogP contribution in [0.25, 0.3) is 0 Å². The van der Waals surface area contributed by atoms with E-state index in [1.807, 2.05) is 0 Å². The van der Waals surface area contributed by atoms with Gasteiger partial charge >= 0.3 is 5.97 Å². The van der Waals surface area contributed by atoms with Crippen LogP contribution in [0.4, 0.5) is 0 Å². The van der Waals surface area contributed by atoms with Gasteiger partial charge in [-0.1, -0.05) is 24.6 Å². The van der Waals surface area contributed by atoms with Crippen molar-refractivity contribution >= 4 is 5.97 Å². The largest absolute Gasteiger partial charge is 0.481 e. The molecule has 2 heteroatoms. The predicted octanol–water partition coefficient (Wildman–Crippen LogP) is 3.83. The van der Waals surface area contributed by atoms with Crippen LogP contribution in [-0.4, -0.2) is 11.1 Å². The molecular weight excluding hydrogens is 224 g/mol. The summed E-state index contributed by atoms with van der Waals surface area (Å²) in [7, 11) is 0. The standard InChI is InChI=1S/C16H22O2/c1-9-5-10(2)15(11(3)6-9)12(4)7-13-8-14(13)16(17)18/h5-6,12-14H,7-8H2,1-4H3,(H,17,18). The van der Waals surface area contributed by atoms with Crippen LogP contribution in [-0.2, 0) is 4.79 Å². The number of carbonyl (C=O) groups is 1. The Hall–Kier alpha value is -1.31. The molecule has 98 valence electrons. The zero-order valence-electron chi connectivity index (χ0n) is 11.7. The monoisotopic (exact) mass is 246 g/mol. The van der Waals surface area contributed by atoms with Gasteiger partial charge in [0, 0.05) is 0 Å². The molecular formula is C16H22O2. The number of hydrogen-bond acceptors (Lipinski definition) is 1. The Balaban J connectivity index is 2.10. The van der Waals surface area contributed by atoms with Gasteiger partial charge in [0.25, 0.3) is 0 Å². The molecule has 2 rings (SSSR count). The maximum Gasteiger partial charge on any atom is 0.306 e. The second-order valence-corrected chi connectivity index (χ2v) is 5.89. The van der Waals surface area contributed by atoms with E-state index in [-0.39, 0.29) is 5.92 Å². The van der Waals surface area contributed by atoms with E-state index >= 15 is 0 Å². The third kappa shape index (κ3) is 2.58. The Bertz CT molecular complexity index is 453. The van der Waals surface area contributed by atoms with Crippen molar-refractivity contribution in [2.24, 2.45) is 11.8 Å². The predicted molar refractivity (Wildman–Crippen MR) is 72.9 cm³/mol. The lowest BCUT2D eigenvalue weighted by Crippen LogP contribution is -2.05. The van der Waals surface area contributed by atoms with E-state index in [9.17, 15) is 4.79 Å². The number of hydrogen-bond donors (Lipinski definition) is 1. The second kappa shape index (κ2) is 4.75. The Kier molecular flexibility index (Phi) is 3.47. The molecule has 0 radical (unpaired) electrons. The average molecular weight is 246 g/mol. The van der Waals surface area contributed by atoms with Gasteiger partial charge in [0.05, 0.1) is 5.92 Å². The first-order valence-electron chi connectivity index (χ1n) is 6.70. The Morgan fingerprint density at radius 1 is 1.33 bits per heavy atom. The summed E-state index contributed by atoms with van der Waals surface area (Å²) in [5.74, 6) is 0.139. The van der Waals surface area contributed by atoms with Gasteiger partial charge in [-0.25, -0.2) is 0 Å². The van der Waals surface area contributed by atoms with Crippen LogP contribution < -0.4 is 0 Å². The van der Waals surface area contributed by atoms with Crippen molar-refractivity contribution in [2.45, 2.75) is 46.5 Å². The van der Waals surface area contributed by atoms with Crippen LogP contribution in [0.15, 0.2) is 12.1 Å². The Morgan fingerprint density at radius 2 is 1.89 bits per heavy atom. The lowest BCUT2D eigenvalue weighted by molar-refractivity contribution is -0.138. The summed E-state index contributed by atoms with van der Waals surface area (Å²) in [6.45, 7) is 8.67. The molecule has 0 heterocycles. The fraction of sp³-hybridized carbons (Fsp3) is 0.562. The first kappa shape index (κ1) is 13.1. The maximum atomic E-state index is 10.9. The zero-order valence-corrected chi connectivity index (χ0v) is 11.7. The van der Waals surface area contributed by atoms with Gasteiger partial charge in [-0.3, -0.25) is 4.79 Å². The lowest BCUT2D eigenvalue weighted by atomic mass is 9.87. The van der Waals surface area contributed by atoms with Crippen molar-refractivity contribution in [3.63, 3.8) is 0 Å². The summed E-state index contributed by atoms with van der Waals surface area (Å²) >= 11 is 0. The molecule has 3 unspecified atom stereocenters. The van der Waals surface area contributed by atoms with Gasteiger partial charge in [-0.15, -0.1) is 0 Å². The molecule has 0 amide bonds. The molecule has 0 aliphatic heterocycles. The highest BCUT2D eigenvalue weighted by Crippen LogP contribution is 2.45. The van der Waals surface area contributed by atoms with Crippen molar-refractivity contribution in [3.05, 3.63) is 34.4 Å². The van der Waals surface area contributed by atoms with Crippen LogP contribution in [0, 0.1) is 32.6 Å². The number of benzene rings is 1. The summed E-state index contributed by atoms with van der Waals surface area (Å²) in [6.07, 6.45) is 1.87. The number of aliphatic carboxylic acids is 1. The van der Waals surface area contributed by atoms with E-state index in [1.165, 1.54) is 22.3 Å². The third-order valence-electron chi connectivity index (χ3n) is 4.13. The number of aryl methyl sites for hydroxylation is 3. The van der Waals surface area contributed by atoms with Gasteiger partial charge in [0.1, 0.15) is 0 Å². The fourth-order valence-corrected chi connectivity index (χ4v) is 3.35. The van der Waals surface area contributed by atoms with Crippen molar-refractivity contribution < 1.29 is 9.90 Å². The summed E-state index contributed by atoms with van der Waals surface area (Å²) in [5, 5.41) is 8.95. The smallest absolute Gasteiger partial charge is 0.306 e. The van der Waals surface area contributed by atoms with E-state index in [0.29, 0.717) is 11.8 Å². The van der Waals surface area contributed by atoms with Crippen LogP contribution >= 0.6 is 0 Å².